The second-order valence-corrected chi connectivity index (χ2v) is 6.76. The van der Waals surface area contributed by atoms with Gasteiger partial charge >= 0.3 is 0 Å². The van der Waals surface area contributed by atoms with Crippen LogP contribution in [0.5, 0.6) is 0 Å². The zero-order valence-electron chi connectivity index (χ0n) is 13.6. The zero-order valence-corrected chi connectivity index (χ0v) is 14.5. The van der Waals surface area contributed by atoms with E-state index in [9.17, 15) is 0 Å². The van der Waals surface area contributed by atoms with Gasteiger partial charge in [-0.3, -0.25) is 4.57 Å². The Labute approximate surface area is 142 Å². The van der Waals surface area contributed by atoms with Gasteiger partial charge in [-0.1, -0.05) is 30.0 Å². The van der Waals surface area contributed by atoms with Crippen molar-refractivity contribution in [2.24, 2.45) is 0 Å². The normalized spacial score (nSPS) is 15.1. The molecule has 124 valence electrons. The van der Waals surface area contributed by atoms with E-state index in [-0.39, 0.29) is 0 Å². The lowest BCUT2D eigenvalue weighted by Gasteiger charge is -2.27. The molecule has 6 heteroatoms. The van der Waals surface area contributed by atoms with Gasteiger partial charge in [-0.05, 0) is 37.8 Å². The maximum atomic E-state index is 5.13. The van der Waals surface area contributed by atoms with Gasteiger partial charge in [0.25, 0.3) is 0 Å². The molecule has 1 aromatic carbocycles. The van der Waals surface area contributed by atoms with Crippen molar-refractivity contribution < 1.29 is 4.74 Å². The Morgan fingerprint density at radius 3 is 2.61 bits per heavy atom. The Morgan fingerprint density at radius 1 is 1.09 bits per heavy atom. The number of benzene rings is 1. The molecular weight excluding hydrogens is 308 g/mol. The van der Waals surface area contributed by atoms with Gasteiger partial charge < -0.3 is 9.64 Å². The molecule has 0 spiro atoms. The van der Waals surface area contributed by atoms with Crippen LogP contribution in [0.15, 0.2) is 35.5 Å². The molecule has 0 aliphatic carbocycles. The van der Waals surface area contributed by atoms with E-state index in [1.807, 2.05) is 6.07 Å². The maximum Gasteiger partial charge on any atom is 0.232 e. The molecule has 2 aromatic rings. The zero-order chi connectivity index (χ0) is 15.9. The minimum Gasteiger partial charge on any atom is -0.385 e. The highest BCUT2D eigenvalue weighted by molar-refractivity contribution is 7.99. The fourth-order valence-corrected chi connectivity index (χ4v) is 3.68. The lowest BCUT2D eigenvalue weighted by molar-refractivity contribution is 0.200. The summed E-state index contributed by atoms with van der Waals surface area (Å²) in [5.41, 5.74) is 1.13. The molecule has 0 unspecified atom stereocenters. The van der Waals surface area contributed by atoms with E-state index in [4.69, 9.17) is 4.74 Å². The van der Waals surface area contributed by atoms with Crippen molar-refractivity contribution in [1.29, 1.82) is 0 Å². The predicted molar refractivity (Wildman–Crippen MR) is 94.6 cm³/mol. The molecule has 23 heavy (non-hydrogen) atoms. The second kappa shape index (κ2) is 8.36. The molecule has 1 saturated heterocycles. The third-order valence-electron chi connectivity index (χ3n) is 3.99. The fourth-order valence-electron chi connectivity index (χ4n) is 2.82. The average molecular weight is 332 g/mol. The topological polar surface area (TPSA) is 43.2 Å². The molecule has 1 fully saturated rings. The van der Waals surface area contributed by atoms with Gasteiger partial charge in [0.15, 0.2) is 5.16 Å². The number of ether oxygens (including phenoxy) is 1. The molecular formula is C17H24N4OS. The summed E-state index contributed by atoms with van der Waals surface area (Å²) in [5.74, 6) is 1.96. The Hall–Kier alpha value is -1.53. The standard InChI is InChI=1S/C17H24N4OS/c1-22-13-8-14-23-17-19-18-16(20-11-6-3-7-12-20)21(17)15-9-4-2-5-10-15/h2,4-5,9-10H,3,6-8,11-14H2,1H3. The summed E-state index contributed by atoms with van der Waals surface area (Å²) < 4.78 is 7.33. The van der Waals surface area contributed by atoms with Gasteiger partial charge in [-0.15, -0.1) is 10.2 Å². The van der Waals surface area contributed by atoms with E-state index in [0.29, 0.717) is 0 Å². The Kier molecular flexibility index (Phi) is 5.93. The highest BCUT2D eigenvalue weighted by atomic mass is 32.2. The van der Waals surface area contributed by atoms with E-state index >= 15 is 0 Å². The number of piperidine rings is 1. The molecule has 0 atom stereocenters. The molecule has 0 N–H and O–H groups in total. The van der Waals surface area contributed by atoms with Crippen LogP contribution in [0.3, 0.4) is 0 Å². The fraction of sp³-hybridized carbons (Fsp3) is 0.529. The van der Waals surface area contributed by atoms with Gasteiger partial charge in [-0.2, -0.15) is 0 Å². The van der Waals surface area contributed by atoms with Gasteiger partial charge in [-0.25, -0.2) is 0 Å². The van der Waals surface area contributed by atoms with Crippen molar-refractivity contribution in [1.82, 2.24) is 14.8 Å². The molecule has 1 aliphatic heterocycles. The average Bonchev–Trinajstić information content (AvgIpc) is 3.04. The van der Waals surface area contributed by atoms with Gasteiger partial charge in [0.05, 0.1) is 5.69 Å². The van der Waals surface area contributed by atoms with Gasteiger partial charge in [0.1, 0.15) is 0 Å². The van der Waals surface area contributed by atoms with Crippen molar-refractivity contribution in [3.05, 3.63) is 30.3 Å². The number of hydrogen-bond donors (Lipinski definition) is 0. The first kappa shape index (κ1) is 16.3. The number of aromatic nitrogens is 3. The van der Waals surface area contributed by atoms with E-state index in [0.717, 1.165) is 48.7 Å². The summed E-state index contributed by atoms with van der Waals surface area (Å²) in [5, 5.41) is 9.93. The van der Waals surface area contributed by atoms with Crippen molar-refractivity contribution in [2.75, 3.05) is 37.5 Å². The molecule has 2 heterocycles. The van der Waals surface area contributed by atoms with Crippen molar-refractivity contribution in [2.45, 2.75) is 30.8 Å². The quantitative estimate of drug-likeness (QED) is 0.574. The summed E-state index contributed by atoms with van der Waals surface area (Å²) in [7, 11) is 1.74. The minimum absolute atomic E-state index is 0.783. The summed E-state index contributed by atoms with van der Waals surface area (Å²) in [6.07, 6.45) is 4.80. The number of para-hydroxylation sites is 1. The third-order valence-corrected chi connectivity index (χ3v) is 5.01. The van der Waals surface area contributed by atoms with Crippen LogP contribution in [-0.4, -0.2) is 47.3 Å². The molecule has 1 aromatic heterocycles. The number of rotatable bonds is 7. The molecule has 3 rings (SSSR count). The van der Waals surface area contributed by atoms with Crippen LogP contribution in [0, 0.1) is 0 Å². The summed E-state index contributed by atoms with van der Waals surface area (Å²) in [4.78, 5) is 2.36. The van der Waals surface area contributed by atoms with E-state index < -0.39 is 0 Å². The second-order valence-electron chi connectivity index (χ2n) is 5.70. The minimum atomic E-state index is 0.783. The van der Waals surface area contributed by atoms with E-state index in [1.54, 1.807) is 18.9 Å². The number of thioether (sulfide) groups is 1. The number of methoxy groups -OCH3 is 1. The van der Waals surface area contributed by atoms with E-state index in [2.05, 4.69) is 43.9 Å². The Morgan fingerprint density at radius 2 is 1.87 bits per heavy atom. The Bertz CT molecular complexity index is 596. The van der Waals surface area contributed by atoms with Crippen LogP contribution in [0.4, 0.5) is 5.95 Å². The summed E-state index contributed by atoms with van der Waals surface area (Å²) in [6.45, 7) is 2.92. The van der Waals surface area contributed by atoms with Crippen molar-refractivity contribution in [3.8, 4) is 5.69 Å². The maximum absolute atomic E-state index is 5.13. The summed E-state index contributed by atoms with van der Waals surface area (Å²) >= 11 is 1.75. The van der Waals surface area contributed by atoms with Crippen LogP contribution >= 0.6 is 11.8 Å². The molecule has 0 bridgehead atoms. The summed E-state index contributed by atoms with van der Waals surface area (Å²) in [6, 6.07) is 10.4. The first-order chi connectivity index (χ1) is 11.4. The smallest absolute Gasteiger partial charge is 0.232 e. The predicted octanol–water partition coefficient (Wildman–Crippen LogP) is 3.39. The first-order valence-corrected chi connectivity index (χ1v) is 9.26. The lowest BCUT2D eigenvalue weighted by atomic mass is 10.1. The molecule has 0 radical (unpaired) electrons. The van der Waals surface area contributed by atoms with Crippen LogP contribution in [0.1, 0.15) is 25.7 Å². The largest absolute Gasteiger partial charge is 0.385 e. The highest BCUT2D eigenvalue weighted by Crippen LogP contribution is 2.28. The highest BCUT2D eigenvalue weighted by Gasteiger charge is 2.21. The van der Waals surface area contributed by atoms with Crippen molar-refractivity contribution in [3.63, 3.8) is 0 Å². The van der Waals surface area contributed by atoms with Crippen LogP contribution in [-0.2, 0) is 4.74 Å². The molecule has 1 aliphatic rings. The van der Waals surface area contributed by atoms with Crippen LogP contribution < -0.4 is 4.90 Å². The molecule has 0 saturated carbocycles. The first-order valence-electron chi connectivity index (χ1n) is 8.27. The molecule has 5 nitrogen and oxygen atoms in total. The van der Waals surface area contributed by atoms with Crippen LogP contribution in [0.2, 0.25) is 0 Å². The van der Waals surface area contributed by atoms with Crippen LogP contribution in [0.25, 0.3) is 5.69 Å². The van der Waals surface area contributed by atoms with Gasteiger partial charge in [0, 0.05) is 32.6 Å². The lowest BCUT2D eigenvalue weighted by Crippen LogP contribution is -2.31. The van der Waals surface area contributed by atoms with E-state index in [1.165, 1.54) is 19.3 Å². The monoisotopic (exact) mass is 332 g/mol. The SMILES string of the molecule is COCCCSc1nnc(N2CCCCC2)n1-c1ccccc1. The van der Waals surface area contributed by atoms with Gasteiger partial charge in [0.2, 0.25) is 5.95 Å². The van der Waals surface area contributed by atoms with Crippen molar-refractivity contribution >= 4 is 17.7 Å². The number of hydrogen-bond acceptors (Lipinski definition) is 5. The number of anilines is 1. The third kappa shape index (κ3) is 4.06. The molecule has 0 amide bonds. The Balaban J connectivity index is 1.85. The number of nitrogens with zero attached hydrogens (tertiary/aromatic N) is 4.